The van der Waals surface area contributed by atoms with E-state index in [2.05, 4.69) is 34.9 Å². The van der Waals surface area contributed by atoms with Gasteiger partial charge in [0.05, 0.1) is 38.8 Å². The van der Waals surface area contributed by atoms with E-state index < -0.39 is 33.3 Å². The van der Waals surface area contributed by atoms with Crippen LogP contribution in [0.2, 0.25) is 0 Å². The Kier molecular flexibility index (Phi) is 10.6. The molecule has 5 heterocycles. The van der Waals surface area contributed by atoms with Crippen molar-refractivity contribution in [3.05, 3.63) is 30.4 Å². The fourth-order valence-electron chi connectivity index (χ4n) is 4.97. The van der Waals surface area contributed by atoms with Crippen LogP contribution in [0.15, 0.2) is 18.7 Å². The second-order valence-corrected chi connectivity index (χ2v) is 11.8. The Labute approximate surface area is 251 Å². The number of hydrogen-bond donors (Lipinski definition) is 1. The van der Waals surface area contributed by atoms with Crippen molar-refractivity contribution >= 4 is 21.9 Å². The average molecular weight is 626 g/mol. The van der Waals surface area contributed by atoms with Crippen LogP contribution in [0.3, 0.4) is 0 Å². The van der Waals surface area contributed by atoms with Crippen molar-refractivity contribution in [1.82, 2.24) is 34.7 Å². The predicted molar refractivity (Wildman–Crippen MR) is 157 cm³/mol. The van der Waals surface area contributed by atoms with Crippen LogP contribution in [-0.2, 0) is 19.5 Å². The highest BCUT2D eigenvalue weighted by molar-refractivity contribution is 7.93. The number of piperidine rings is 1. The monoisotopic (exact) mass is 625 g/mol. The molecule has 0 radical (unpaired) electrons. The van der Waals surface area contributed by atoms with E-state index in [0.717, 1.165) is 18.8 Å². The summed E-state index contributed by atoms with van der Waals surface area (Å²) in [6.45, 7) is 8.64. The highest BCUT2D eigenvalue weighted by Gasteiger charge is 2.39. The van der Waals surface area contributed by atoms with E-state index >= 15 is 0 Å². The van der Waals surface area contributed by atoms with Gasteiger partial charge in [-0.3, -0.25) is 9.29 Å². The molecule has 3 aromatic rings. The van der Waals surface area contributed by atoms with Crippen molar-refractivity contribution in [3.8, 4) is 17.4 Å². The molecule has 15 nitrogen and oxygen atoms in total. The van der Waals surface area contributed by atoms with Crippen molar-refractivity contribution in [2.75, 3.05) is 43.5 Å². The molecule has 238 valence electrons. The van der Waals surface area contributed by atoms with Crippen LogP contribution < -0.4 is 19.1 Å². The van der Waals surface area contributed by atoms with Gasteiger partial charge in [-0.15, -0.1) is 10.2 Å². The summed E-state index contributed by atoms with van der Waals surface area (Å²) in [6.07, 6.45) is 3.94. The standard InChI is InChI=1S/C24H32FN9O6S.C2H6.H2/c1-14(2)40-16-8-17(12-33(11-16)23-26-9-15(25)10-27-23)41(35,36)32-24-31-30-20(18-6-5-7-39-18)34(24)19-21(37-3)28-13-29-22(19)38-4;1-2;/h9-10,13-14,16-18H,5-8,11-12H2,1-4H3,(H,31,32);1-2H3;1H/t16-,17-,18-;;/m0../s1. The first-order chi connectivity index (χ1) is 20.7. The van der Waals surface area contributed by atoms with Crippen LogP contribution in [0.1, 0.15) is 60.3 Å². The van der Waals surface area contributed by atoms with Gasteiger partial charge < -0.3 is 23.8 Å². The van der Waals surface area contributed by atoms with Gasteiger partial charge in [-0.2, -0.15) is 9.97 Å². The number of halogens is 1. The van der Waals surface area contributed by atoms with Crippen molar-refractivity contribution in [3.63, 3.8) is 0 Å². The second-order valence-electron chi connectivity index (χ2n) is 9.88. The molecule has 17 heteroatoms. The SMILES string of the molecule is CC.COc1ncnc(OC)c1-n1c(NS(=O)(=O)[C@H]2C[C@H](OC(C)C)CN(c3ncc(F)cn3)C2)nnc1[C@@H]1CCCO1.[HH]. The lowest BCUT2D eigenvalue weighted by Gasteiger charge is -2.37. The zero-order valence-electron chi connectivity index (χ0n) is 25.1. The smallest absolute Gasteiger partial charge is 0.245 e. The molecule has 0 bridgehead atoms. The Morgan fingerprint density at radius 1 is 1.07 bits per heavy atom. The molecule has 2 fully saturated rings. The summed E-state index contributed by atoms with van der Waals surface area (Å²) < 4.78 is 68.2. The topological polar surface area (TPSA) is 169 Å². The minimum Gasteiger partial charge on any atom is -0.479 e. The van der Waals surface area contributed by atoms with Gasteiger partial charge in [0.2, 0.25) is 33.7 Å². The van der Waals surface area contributed by atoms with Crippen LogP contribution in [0.5, 0.6) is 11.8 Å². The minimum atomic E-state index is -4.12. The van der Waals surface area contributed by atoms with Crippen LogP contribution >= 0.6 is 0 Å². The Hall–Kier alpha value is -3.70. The molecule has 0 saturated carbocycles. The number of aromatic nitrogens is 7. The zero-order chi connectivity index (χ0) is 31.1. The first-order valence-corrected chi connectivity index (χ1v) is 15.6. The fraction of sp³-hybridized carbons (Fsp3) is 0.615. The maximum atomic E-state index is 13.9. The van der Waals surface area contributed by atoms with E-state index in [4.69, 9.17) is 18.9 Å². The van der Waals surface area contributed by atoms with Crippen molar-refractivity contribution < 1.29 is 33.2 Å². The average Bonchev–Trinajstić information content (AvgIpc) is 3.67. The fourth-order valence-corrected chi connectivity index (χ4v) is 6.37. The summed E-state index contributed by atoms with van der Waals surface area (Å²) in [6, 6.07) is 0. The number of ether oxygens (including phenoxy) is 4. The number of methoxy groups -OCH3 is 2. The van der Waals surface area contributed by atoms with Gasteiger partial charge in [0.15, 0.2) is 17.3 Å². The molecule has 3 aromatic heterocycles. The molecule has 0 aliphatic carbocycles. The number of rotatable bonds is 10. The Morgan fingerprint density at radius 2 is 1.74 bits per heavy atom. The minimum absolute atomic E-state index is 0. The van der Waals surface area contributed by atoms with Gasteiger partial charge in [0, 0.05) is 21.1 Å². The van der Waals surface area contributed by atoms with Crippen molar-refractivity contribution in [2.24, 2.45) is 0 Å². The van der Waals surface area contributed by atoms with E-state index in [1.807, 2.05) is 27.7 Å². The molecule has 5 rings (SSSR count). The van der Waals surface area contributed by atoms with E-state index in [1.165, 1.54) is 25.1 Å². The largest absolute Gasteiger partial charge is 0.479 e. The van der Waals surface area contributed by atoms with Gasteiger partial charge in [-0.1, -0.05) is 13.8 Å². The van der Waals surface area contributed by atoms with E-state index in [1.54, 1.807) is 4.90 Å². The number of anilines is 2. The number of sulfonamides is 1. The van der Waals surface area contributed by atoms with Gasteiger partial charge >= 0.3 is 0 Å². The molecule has 1 N–H and O–H groups in total. The summed E-state index contributed by atoms with van der Waals surface area (Å²) in [5.74, 6) is 0.0844. The van der Waals surface area contributed by atoms with Crippen molar-refractivity contribution in [1.29, 1.82) is 0 Å². The zero-order valence-corrected chi connectivity index (χ0v) is 25.9. The number of nitrogens with zero attached hydrogens (tertiary/aromatic N) is 8. The van der Waals surface area contributed by atoms with Gasteiger partial charge in [-0.25, -0.2) is 22.8 Å². The molecule has 2 aliphatic heterocycles. The van der Waals surface area contributed by atoms with Crippen molar-refractivity contribution in [2.45, 2.75) is 70.5 Å². The normalized spacial score (nSPS) is 20.5. The lowest BCUT2D eigenvalue weighted by Crippen LogP contribution is -2.51. The maximum absolute atomic E-state index is 13.9. The highest BCUT2D eigenvalue weighted by Crippen LogP contribution is 2.37. The van der Waals surface area contributed by atoms with E-state index in [0.29, 0.717) is 25.4 Å². The van der Waals surface area contributed by atoms with E-state index in [9.17, 15) is 12.8 Å². The summed E-state index contributed by atoms with van der Waals surface area (Å²) >= 11 is 0. The van der Waals surface area contributed by atoms with Gasteiger partial charge in [-0.05, 0) is 33.1 Å². The summed E-state index contributed by atoms with van der Waals surface area (Å²) in [5, 5.41) is 7.50. The molecule has 2 saturated heterocycles. The van der Waals surface area contributed by atoms with E-state index in [-0.39, 0.29) is 49.8 Å². The number of hydrogen-bond acceptors (Lipinski definition) is 13. The summed E-state index contributed by atoms with van der Waals surface area (Å²) in [5.41, 5.74) is 0.219. The Bertz CT molecular complexity index is 1440. The second kappa shape index (κ2) is 14.2. The molecule has 2 aliphatic rings. The van der Waals surface area contributed by atoms with Crippen LogP contribution in [0.25, 0.3) is 5.69 Å². The maximum Gasteiger partial charge on any atom is 0.245 e. The summed E-state index contributed by atoms with van der Waals surface area (Å²) in [7, 11) is -1.27. The molecule has 0 spiro atoms. The molecule has 0 aromatic carbocycles. The third kappa shape index (κ3) is 7.27. The lowest BCUT2D eigenvalue weighted by molar-refractivity contribution is 0.00147. The molecule has 0 unspecified atom stereocenters. The molecular weight excluding hydrogens is 585 g/mol. The third-order valence-corrected chi connectivity index (χ3v) is 8.36. The van der Waals surface area contributed by atoms with Gasteiger partial charge in [0.1, 0.15) is 17.7 Å². The quantitative estimate of drug-likeness (QED) is 0.349. The molecular formula is C26H40FN9O6S. The summed E-state index contributed by atoms with van der Waals surface area (Å²) in [4.78, 5) is 18.1. The Balaban J connectivity index is 0.00000173. The van der Waals surface area contributed by atoms with Crippen LogP contribution in [0, 0.1) is 5.82 Å². The first-order valence-electron chi connectivity index (χ1n) is 14.1. The van der Waals surface area contributed by atoms with Crippen LogP contribution in [-0.4, -0.2) is 94.5 Å². The first kappa shape index (κ1) is 32.2. The molecule has 43 heavy (non-hydrogen) atoms. The number of nitrogens with one attached hydrogen (secondary N) is 1. The molecule has 3 atom stereocenters. The lowest BCUT2D eigenvalue weighted by atomic mass is 10.1. The van der Waals surface area contributed by atoms with Crippen LogP contribution in [0.4, 0.5) is 16.3 Å². The third-order valence-electron chi connectivity index (χ3n) is 6.67. The highest BCUT2D eigenvalue weighted by atomic mass is 32.2. The predicted octanol–water partition coefficient (Wildman–Crippen LogP) is 2.94. The Morgan fingerprint density at radius 3 is 2.33 bits per heavy atom. The van der Waals surface area contributed by atoms with Gasteiger partial charge in [0.25, 0.3) is 0 Å². The molecule has 0 amide bonds.